The van der Waals surface area contributed by atoms with Crippen molar-refractivity contribution in [3.63, 3.8) is 0 Å². The van der Waals surface area contributed by atoms with Crippen molar-refractivity contribution in [1.82, 2.24) is 25.0 Å². The maximum atomic E-state index is 13.4. The number of hydrogen-bond acceptors (Lipinski definition) is 6. The van der Waals surface area contributed by atoms with Crippen LogP contribution in [0.3, 0.4) is 0 Å². The van der Waals surface area contributed by atoms with E-state index in [1.165, 1.54) is 24.3 Å². The molecule has 11 nitrogen and oxygen atoms in total. The van der Waals surface area contributed by atoms with Crippen LogP contribution in [0.15, 0.2) is 53.3 Å². The number of carbonyl (C=O) groups excluding carboxylic acids is 3. The topological polar surface area (TPSA) is 161 Å². The SMILES string of the molecule is CC(NC(=O)Cn1nc(-c2ccc(Cl)cc2)n(CC(O)C(F)(F)F)c1=O)(C(=O)NCCC(N)=O)c1cccc(C(F)(F)F)c1. The van der Waals surface area contributed by atoms with E-state index in [-0.39, 0.29) is 34.9 Å². The van der Waals surface area contributed by atoms with Gasteiger partial charge in [0.1, 0.15) is 12.1 Å². The number of aromatic nitrogens is 3. The second-order valence-electron chi connectivity index (χ2n) is 9.66. The van der Waals surface area contributed by atoms with Gasteiger partial charge < -0.3 is 21.5 Å². The monoisotopic (exact) mass is 650 g/mol. The van der Waals surface area contributed by atoms with Gasteiger partial charge in [-0.25, -0.2) is 9.48 Å². The molecule has 0 radical (unpaired) electrons. The molecule has 238 valence electrons. The normalized spacial score (nSPS) is 14.0. The number of hydrogen-bond donors (Lipinski definition) is 4. The molecule has 18 heteroatoms. The highest BCUT2D eigenvalue weighted by atomic mass is 35.5. The van der Waals surface area contributed by atoms with Crippen LogP contribution in [0.2, 0.25) is 5.02 Å². The van der Waals surface area contributed by atoms with Crippen LogP contribution in [0.4, 0.5) is 26.3 Å². The van der Waals surface area contributed by atoms with Crippen LogP contribution in [-0.2, 0) is 39.2 Å². The Hall–Kier alpha value is -4.38. The second kappa shape index (κ2) is 13.1. The van der Waals surface area contributed by atoms with Gasteiger partial charge in [0.15, 0.2) is 11.9 Å². The van der Waals surface area contributed by atoms with Crippen molar-refractivity contribution in [2.45, 2.75) is 50.4 Å². The van der Waals surface area contributed by atoms with E-state index in [1.807, 2.05) is 0 Å². The van der Waals surface area contributed by atoms with Crippen LogP contribution in [0.25, 0.3) is 11.4 Å². The van der Waals surface area contributed by atoms with E-state index in [4.69, 9.17) is 17.3 Å². The number of primary amides is 1. The molecule has 5 N–H and O–H groups in total. The Bertz CT molecular complexity index is 1590. The molecule has 3 rings (SSSR count). The first kappa shape index (κ1) is 34.1. The molecule has 44 heavy (non-hydrogen) atoms. The van der Waals surface area contributed by atoms with Gasteiger partial charge in [0.05, 0.1) is 12.1 Å². The lowest BCUT2D eigenvalue weighted by molar-refractivity contribution is -0.207. The van der Waals surface area contributed by atoms with Crippen LogP contribution in [0.5, 0.6) is 0 Å². The van der Waals surface area contributed by atoms with E-state index in [9.17, 15) is 50.6 Å². The Kier molecular flexibility index (Phi) is 10.1. The van der Waals surface area contributed by atoms with E-state index in [0.717, 1.165) is 25.1 Å². The van der Waals surface area contributed by atoms with E-state index < -0.39 is 66.1 Å². The maximum Gasteiger partial charge on any atom is 0.416 e. The zero-order valence-corrected chi connectivity index (χ0v) is 23.4. The minimum atomic E-state index is -5.11. The number of nitrogens with zero attached hydrogens (tertiary/aromatic N) is 3. The van der Waals surface area contributed by atoms with Gasteiger partial charge in [-0.2, -0.15) is 26.3 Å². The van der Waals surface area contributed by atoms with E-state index in [1.54, 1.807) is 0 Å². The van der Waals surface area contributed by atoms with Crippen molar-refractivity contribution in [3.05, 3.63) is 75.2 Å². The predicted molar refractivity (Wildman–Crippen MR) is 143 cm³/mol. The number of amides is 3. The summed E-state index contributed by atoms with van der Waals surface area (Å²) in [7, 11) is 0. The number of alkyl halides is 6. The smallest absolute Gasteiger partial charge is 0.382 e. The lowest BCUT2D eigenvalue weighted by Crippen LogP contribution is -2.55. The summed E-state index contributed by atoms with van der Waals surface area (Å²) in [5.41, 5.74) is 0.214. The molecule has 3 amide bonds. The number of carbonyl (C=O) groups is 3. The van der Waals surface area contributed by atoms with Crippen LogP contribution in [0, 0.1) is 0 Å². The highest BCUT2D eigenvalue weighted by Gasteiger charge is 2.41. The van der Waals surface area contributed by atoms with Crippen LogP contribution in [0.1, 0.15) is 24.5 Å². The fraction of sp³-hybridized carbons (Fsp3) is 0.346. The minimum Gasteiger partial charge on any atom is -0.382 e. The van der Waals surface area contributed by atoms with Gasteiger partial charge >= 0.3 is 18.0 Å². The van der Waals surface area contributed by atoms with Gasteiger partial charge in [0.2, 0.25) is 17.7 Å². The third-order valence-corrected chi connectivity index (χ3v) is 6.57. The quantitative estimate of drug-likeness (QED) is 0.233. The molecule has 0 aliphatic heterocycles. The van der Waals surface area contributed by atoms with Crippen LogP contribution in [-0.4, -0.2) is 56.0 Å². The van der Waals surface area contributed by atoms with Gasteiger partial charge in [-0.1, -0.05) is 23.7 Å². The highest BCUT2D eigenvalue weighted by Crippen LogP contribution is 2.32. The fourth-order valence-corrected chi connectivity index (χ4v) is 4.12. The second-order valence-corrected chi connectivity index (χ2v) is 10.1. The number of nitrogens with one attached hydrogen (secondary N) is 2. The molecule has 2 unspecified atom stereocenters. The predicted octanol–water partition coefficient (Wildman–Crippen LogP) is 2.33. The van der Waals surface area contributed by atoms with Crippen molar-refractivity contribution in [1.29, 1.82) is 0 Å². The van der Waals surface area contributed by atoms with Gasteiger partial charge in [-0.15, -0.1) is 5.10 Å². The first-order valence-electron chi connectivity index (χ1n) is 12.6. The van der Waals surface area contributed by atoms with Gasteiger partial charge in [-0.05, 0) is 48.9 Å². The number of aliphatic hydroxyl groups excluding tert-OH is 1. The molecule has 0 aliphatic carbocycles. The summed E-state index contributed by atoms with van der Waals surface area (Å²) in [6.45, 7) is -1.54. The molecule has 0 bridgehead atoms. The Morgan fingerprint density at radius 3 is 2.23 bits per heavy atom. The van der Waals surface area contributed by atoms with Crippen molar-refractivity contribution >= 4 is 29.3 Å². The molecule has 0 aliphatic rings. The van der Waals surface area contributed by atoms with E-state index >= 15 is 0 Å². The molecule has 2 aromatic carbocycles. The summed E-state index contributed by atoms with van der Waals surface area (Å²) in [5.74, 6) is -3.36. The average Bonchev–Trinajstić information content (AvgIpc) is 3.22. The summed E-state index contributed by atoms with van der Waals surface area (Å²) in [5, 5.41) is 18.4. The molecule has 1 aromatic heterocycles. The molecular formula is C26H25ClF6N6O5. The Morgan fingerprint density at radius 2 is 1.66 bits per heavy atom. The molecule has 0 saturated heterocycles. The lowest BCUT2D eigenvalue weighted by atomic mass is 9.89. The summed E-state index contributed by atoms with van der Waals surface area (Å²) >= 11 is 5.85. The van der Waals surface area contributed by atoms with Gasteiger partial charge in [0, 0.05) is 23.6 Å². The number of halogens is 7. The van der Waals surface area contributed by atoms with Crippen LogP contribution < -0.4 is 22.1 Å². The van der Waals surface area contributed by atoms with Gasteiger partial charge in [-0.3, -0.25) is 19.0 Å². The molecule has 0 saturated carbocycles. The summed E-state index contributed by atoms with van der Waals surface area (Å²) < 4.78 is 80.6. The fourth-order valence-electron chi connectivity index (χ4n) is 3.99. The first-order valence-corrected chi connectivity index (χ1v) is 12.9. The number of rotatable bonds is 11. The Balaban J connectivity index is 2.01. The van der Waals surface area contributed by atoms with Crippen molar-refractivity contribution < 1.29 is 45.8 Å². The number of benzene rings is 2. The number of nitrogens with two attached hydrogens (primary N) is 1. The molecular weight excluding hydrogens is 626 g/mol. The molecule has 0 fully saturated rings. The Morgan fingerprint density at radius 1 is 1.05 bits per heavy atom. The summed E-state index contributed by atoms with van der Waals surface area (Å²) in [6.07, 6.45) is -13.2. The molecule has 0 spiro atoms. The third-order valence-electron chi connectivity index (χ3n) is 6.32. The lowest BCUT2D eigenvalue weighted by Gasteiger charge is -2.30. The standard InChI is InChI=1S/C26H25ClF6N6O5/c1-24(22(43)35-10-9-19(34)41,15-3-2-4-16(11-15)25(28,29)30)36-20(42)13-39-23(44)38(12-18(40)26(31,32)33)21(37-39)14-5-7-17(27)8-6-14/h2-8,11,18,40H,9-10,12-13H2,1H3,(H2,34,41)(H,35,43)(H,36,42). The van der Waals surface area contributed by atoms with Crippen LogP contribution >= 0.6 is 11.6 Å². The number of aliphatic hydroxyl groups is 1. The highest BCUT2D eigenvalue weighted by molar-refractivity contribution is 6.30. The van der Waals surface area contributed by atoms with E-state index in [2.05, 4.69) is 15.7 Å². The van der Waals surface area contributed by atoms with Gasteiger partial charge in [0.25, 0.3) is 0 Å². The Labute approximate surface area is 249 Å². The largest absolute Gasteiger partial charge is 0.416 e. The maximum absolute atomic E-state index is 13.4. The molecule has 1 heterocycles. The van der Waals surface area contributed by atoms with E-state index in [0.29, 0.717) is 15.3 Å². The first-order chi connectivity index (χ1) is 20.3. The summed E-state index contributed by atoms with van der Waals surface area (Å²) in [6, 6.07) is 8.84. The molecule has 3 aromatic rings. The zero-order valence-electron chi connectivity index (χ0n) is 22.7. The zero-order chi connectivity index (χ0) is 33.0. The molecule has 2 atom stereocenters. The minimum absolute atomic E-state index is 0.0997. The van der Waals surface area contributed by atoms with Crippen molar-refractivity contribution in [3.8, 4) is 11.4 Å². The van der Waals surface area contributed by atoms with Crippen molar-refractivity contribution in [2.24, 2.45) is 5.73 Å². The average molecular weight is 651 g/mol. The summed E-state index contributed by atoms with van der Waals surface area (Å²) in [4.78, 5) is 50.5. The van der Waals surface area contributed by atoms with Crippen molar-refractivity contribution in [2.75, 3.05) is 6.54 Å². The third kappa shape index (κ3) is 8.16.